The number of aromatic nitrogens is 2. The molecule has 162 valence electrons. The van der Waals surface area contributed by atoms with Crippen LogP contribution in [0.4, 0.5) is 5.69 Å². The first-order valence-corrected chi connectivity index (χ1v) is 11.3. The first kappa shape index (κ1) is 21.2. The quantitative estimate of drug-likeness (QED) is 0.604. The van der Waals surface area contributed by atoms with Crippen molar-refractivity contribution >= 4 is 39.1 Å². The molecule has 8 heteroatoms. The fourth-order valence-corrected chi connectivity index (χ4v) is 4.94. The second kappa shape index (κ2) is 9.01. The van der Waals surface area contributed by atoms with Gasteiger partial charge in [-0.3, -0.25) is 19.0 Å². The fraction of sp³-hybridized carbons (Fsp3) is 0.391. The van der Waals surface area contributed by atoms with E-state index in [0.717, 1.165) is 25.7 Å². The fourth-order valence-electron chi connectivity index (χ4n) is 3.91. The van der Waals surface area contributed by atoms with Crippen LogP contribution in [-0.2, 0) is 16.1 Å². The van der Waals surface area contributed by atoms with Gasteiger partial charge in [0.25, 0.3) is 11.5 Å². The summed E-state index contributed by atoms with van der Waals surface area (Å²) < 4.78 is 6.82. The lowest BCUT2D eigenvalue weighted by Crippen LogP contribution is -2.29. The number of aryl methyl sites for hydroxylation is 1. The number of rotatable bonds is 5. The summed E-state index contributed by atoms with van der Waals surface area (Å²) in [7, 11) is 0. The standard InChI is InChI=1S/C23H25N3O4S/c1-14-8-10-17(11-9-14)30-18(27)12-26-13-24-22-19(23(26)29)15(2)20(31-22)21(28)25-16-6-4-3-5-7-16/h3-7,13-14,17H,8-12H2,1-2H3,(H,25,28). The second-order valence-corrected chi connectivity index (χ2v) is 9.10. The molecule has 1 fully saturated rings. The van der Waals surface area contributed by atoms with Crippen LogP contribution in [0.15, 0.2) is 41.5 Å². The molecule has 4 rings (SSSR count). The van der Waals surface area contributed by atoms with Crippen LogP contribution in [-0.4, -0.2) is 27.5 Å². The second-order valence-electron chi connectivity index (χ2n) is 8.11. The van der Waals surface area contributed by atoms with Crippen molar-refractivity contribution in [3.05, 3.63) is 57.5 Å². The number of nitrogens with zero attached hydrogens (tertiary/aromatic N) is 2. The molecule has 0 radical (unpaired) electrons. The topological polar surface area (TPSA) is 90.3 Å². The summed E-state index contributed by atoms with van der Waals surface area (Å²) in [5.41, 5.74) is 0.899. The number of esters is 1. The van der Waals surface area contributed by atoms with Gasteiger partial charge in [0.2, 0.25) is 0 Å². The van der Waals surface area contributed by atoms with E-state index < -0.39 is 5.97 Å². The predicted molar refractivity (Wildman–Crippen MR) is 121 cm³/mol. The highest BCUT2D eigenvalue weighted by Gasteiger charge is 2.23. The van der Waals surface area contributed by atoms with E-state index in [1.165, 1.54) is 22.2 Å². The van der Waals surface area contributed by atoms with Crippen LogP contribution < -0.4 is 10.9 Å². The first-order valence-electron chi connectivity index (χ1n) is 10.5. The molecule has 0 spiro atoms. The zero-order valence-electron chi connectivity index (χ0n) is 17.6. The van der Waals surface area contributed by atoms with Gasteiger partial charge in [0.15, 0.2) is 0 Å². The number of hydrogen-bond donors (Lipinski definition) is 1. The minimum atomic E-state index is -0.433. The van der Waals surface area contributed by atoms with E-state index in [1.54, 1.807) is 19.1 Å². The molecule has 1 aromatic carbocycles. The molecule has 1 saturated carbocycles. The van der Waals surface area contributed by atoms with Crippen molar-refractivity contribution in [2.75, 3.05) is 5.32 Å². The molecule has 0 aliphatic heterocycles. The normalized spacial score (nSPS) is 18.6. The summed E-state index contributed by atoms with van der Waals surface area (Å²) in [6, 6.07) is 9.13. The van der Waals surface area contributed by atoms with Crippen LogP contribution >= 0.6 is 11.3 Å². The van der Waals surface area contributed by atoms with E-state index >= 15 is 0 Å². The van der Waals surface area contributed by atoms with Gasteiger partial charge in [-0.1, -0.05) is 25.1 Å². The molecule has 0 bridgehead atoms. The zero-order chi connectivity index (χ0) is 22.0. The average Bonchev–Trinajstić information content (AvgIpc) is 3.10. The lowest BCUT2D eigenvalue weighted by atomic mass is 9.89. The summed E-state index contributed by atoms with van der Waals surface area (Å²) in [6.45, 7) is 3.75. The summed E-state index contributed by atoms with van der Waals surface area (Å²) in [5, 5.41) is 3.20. The lowest BCUT2D eigenvalue weighted by Gasteiger charge is -2.26. The number of fused-ring (bicyclic) bond motifs is 1. The van der Waals surface area contributed by atoms with Gasteiger partial charge in [-0.2, -0.15) is 0 Å². The number of carbonyl (C=O) groups is 2. The molecular weight excluding hydrogens is 414 g/mol. The van der Waals surface area contributed by atoms with Crippen molar-refractivity contribution in [2.45, 2.75) is 52.2 Å². The van der Waals surface area contributed by atoms with Gasteiger partial charge in [0, 0.05) is 5.69 Å². The predicted octanol–water partition coefficient (Wildman–Crippen LogP) is 4.14. The molecule has 3 aromatic rings. The van der Waals surface area contributed by atoms with E-state index in [9.17, 15) is 14.4 Å². The lowest BCUT2D eigenvalue weighted by molar-refractivity contribution is -0.151. The molecule has 1 amide bonds. The number of carbonyl (C=O) groups excluding carboxylic acids is 2. The van der Waals surface area contributed by atoms with Gasteiger partial charge in [0.05, 0.1) is 16.6 Å². The number of anilines is 1. The van der Waals surface area contributed by atoms with Gasteiger partial charge in [-0.25, -0.2) is 4.98 Å². The average molecular weight is 440 g/mol. The Hall–Kier alpha value is -3.00. The molecule has 7 nitrogen and oxygen atoms in total. The number of nitrogens with one attached hydrogen (secondary N) is 1. The third-order valence-electron chi connectivity index (χ3n) is 5.72. The Morgan fingerprint density at radius 2 is 1.90 bits per heavy atom. The van der Waals surface area contributed by atoms with Gasteiger partial charge in [-0.15, -0.1) is 11.3 Å². The van der Waals surface area contributed by atoms with E-state index in [2.05, 4.69) is 17.2 Å². The molecule has 1 N–H and O–H groups in total. The number of benzene rings is 1. The minimum Gasteiger partial charge on any atom is -0.461 e. The molecular formula is C23H25N3O4S. The van der Waals surface area contributed by atoms with Crippen LogP contribution in [0.3, 0.4) is 0 Å². The molecule has 2 heterocycles. The largest absolute Gasteiger partial charge is 0.461 e. The summed E-state index contributed by atoms with van der Waals surface area (Å²) in [5.74, 6) is -0.0552. The number of thiophene rings is 1. The summed E-state index contributed by atoms with van der Waals surface area (Å²) >= 11 is 1.17. The van der Waals surface area contributed by atoms with E-state index in [0.29, 0.717) is 32.3 Å². The molecule has 0 unspecified atom stereocenters. The highest BCUT2D eigenvalue weighted by atomic mass is 32.1. The highest BCUT2D eigenvalue weighted by molar-refractivity contribution is 7.20. The van der Waals surface area contributed by atoms with E-state index in [4.69, 9.17) is 4.74 Å². The molecule has 1 aliphatic carbocycles. The SMILES string of the molecule is Cc1c(C(=O)Nc2ccccc2)sc2ncn(CC(=O)OC3CCC(C)CC3)c(=O)c12. The van der Waals surface area contributed by atoms with Gasteiger partial charge in [0.1, 0.15) is 17.5 Å². The van der Waals surface area contributed by atoms with Crippen molar-refractivity contribution in [3.63, 3.8) is 0 Å². The van der Waals surface area contributed by atoms with E-state index in [-0.39, 0.29) is 24.1 Å². The summed E-state index contributed by atoms with van der Waals surface area (Å²) in [6.07, 6.45) is 5.10. The van der Waals surface area contributed by atoms with Gasteiger partial charge in [-0.05, 0) is 56.2 Å². The number of para-hydroxylation sites is 1. The maximum Gasteiger partial charge on any atom is 0.326 e. The van der Waals surface area contributed by atoms with Crippen LogP contribution in [0, 0.1) is 12.8 Å². The highest BCUT2D eigenvalue weighted by Crippen LogP contribution is 2.28. The van der Waals surface area contributed by atoms with Crippen molar-refractivity contribution in [1.82, 2.24) is 9.55 Å². The van der Waals surface area contributed by atoms with Crippen molar-refractivity contribution in [2.24, 2.45) is 5.92 Å². The summed E-state index contributed by atoms with van der Waals surface area (Å²) in [4.78, 5) is 43.3. The Bertz CT molecular complexity index is 1160. The molecule has 0 atom stereocenters. The number of hydrogen-bond acceptors (Lipinski definition) is 6. The Labute approximate surface area is 184 Å². The molecule has 1 aliphatic rings. The Kier molecular flexibility index (Phi) is 6.18. The first-order chi connectivity index (χ1) is 14.9. The number of ether oxygens (including phenoxy) is 1. The molecule has 0 saturated heterocycles. The third-order valence-corrected chi connectivity index (χ3v) is 6.91. The molecule has 31 heavy (non-hydrogen) atoms. The van der Waals surface area contributed by atoms with Crippen LogP contribution in [0.5, 0.6) is 0 Å². The smallest absolute Gasteiger partial charge is 0.326 e. The minimum absolute atomic E-state index is 0.0766. The Morgan fingerprint density at radius 1 is 1.19 bits per heavy atom. The van der Waals surface area contributed by atoms with Gasteiger partial charge >= 0.3 is 5.97 Å². The molecule has 2 aromatic heterocycles. The third kappa shape index (κ3) is 4.69. The number of amides is 1. The van der Waals surface area contributed by atoms with E-state index in [1.807, 2.05) is 18.2 Å². The van der Waals surface area contributed by atoms with Crippen molar-refractivity contribution < 1.29 is 14.3 Å². The Balaban J connectivity index is 1.52. The van der Waals surface area contributed by atoms with Crippen molar-refractivity contribution in [3.8, 4) is 0 Å². The maximum absolute atomic E-state index is 13.0. The van der Waals surface area contributed by atoms with Crippen molar-refractivity contribution in [1.29, 1.82) is 0 Å². The Morgan fingerprint density at radius 3 is 2.61 bits per heavy atom. The van der Waals surface area contributed by atoms with Crippen LogP contribution in [0.2, 0.25) is 0 Å². The van der Waals surface area contributed by atoms with Crippen LogP contribution in [0.25, 0.3) is 10.2 Å². The zero-order valence-corrected chi connectivity index (χ0v) is 18.4. The monoisotopic (exact) mass is 439 g/mol. The van der Waals surface area contributed by atoms with Crippen LogP contribution in [0.1, 0.15) is 47.8 Å². The van der Waals surface area contributed by atoms with Gasteiger partial charge < -0.3 is 10.1 Å². The maximum atomic E-state index is 13.0.